The number of H-pyrrole nitrogens is 2. The Balaban J connectivity index is 1.60. The molecule has 196 valence electrons. The number of aromatic amines is 2. The van der Waals surface area contributed by atoms with Crippen LogP contribution < -0.4 is 10.9 Å². The average Bonchev–Trinajstić information content (AvgIpc) is 3.47. The van der Waals surface area contributed by atoms with Gasteiger partial charge in [-0.1, -0.05) is 18.9 Å². The van der Waals surface area contributed by atoms with Crippen molar-refractivity contribution in [2.24, 2.45) is 0 Å². The summed E-state index contributed by atoms with van der Waals surface area (Å²) in [6.07, 6.45) is 8.99. The molecule has 3 heterocycles. The van der Waals surface area contributed by atoms with Crippen LogP contribution in [0.4, 0.5) is 0 Å². The molecule has 1 aliphatic heterocycles. The van der Waals surface area contributed by atoms with Crippen LogP contribution in [0.2, 0.25) is 0 Å². The van der Waals surface area contributed by atoms with Crippen LogP contribution in [0, 0.1) is 13.8 Å². The zero-order valence-electron chi connectivity index (χ0n) is 22.9. The maximum Gasteiger partial charge on any atom is 0.255 e. The summed E-state index contributed by atoms with van der Waals surface area (Å²) in [5, 5.41) is 11.9. The number of hydrogen-bond donors (Lipinski definition) is 3. The van der Waals surface area contributed by atoms with E-state index in [1.165, 1.54) is 5.57 Å². The van der Waals surface area contributed by atoms with Gasteiger partial charge in [0.05, 0.1) is 23.8 Å². The second-order valence-corrected chi connectivity index (χ2v) is 12.2. The number of pyridine rings is 1. The number of carbonyl (C=O) groups excluding carboxylic acids is 1. The Bertz CT molecular complexity index is 1440. The number of amides is 1. The highest BCUT2D eigenvalue weighted by Crippen LogP contribution is 2.36. The normalized spacial score (nSPS) is 19.2. The van der Waals surface area contributed by atoms with Crippen molar-refractivity contribution in [3.05, 3.63) is 68.8 Å². The molecule has 37 heavy (non-hydrogen) atoms. The first-order chi connectivity index (χ1) is 17.4. The standard InChI is InChI=1S/C30H39N5O2/c1-18-11-19(2)32-27(36)25(18)17-35(22-9-7-8-10-22)28(37)23-12-20(13-26-24(23)16-31-33-26)21-14-29(3,4)34-30(5,6)15-21/h11-14,16,22,34H,7-10,15,17H2,1-6H3,(H,31,33)(H,32,36). The molecule has 7 nitrogen and oxygen atoms in total. The number of nitrogens with one attached hydrogen (secondary N) is 3. The van der Waals surface area contributed by atoms with E-state index in [2.05, 4.69) is 60.3 Å². The van der Waals surface area contributed by atoms with Gasteiger partial charge >= 0.3 is 0 Å². The van der Waals surface area contributed by atoms with E-state index in [0.29, 0.717) is 17.7 Å². The van der Waals surface area contributed by atoms with Crippen molar-refractivity contribution in [1.29, 1.82) is 0 Å². The Kier molecular flexibility index (Phi) is 6.39. The van der Waals surface area contributed by atoms with Gasteiger partial charge in [-0.3, -0.25) is 14.7 Å². The largest absolute Gasteiger partial charge is 0.331 e. The Hall–Kier alpha value is -3.19. The third kappa shape index (κ3) is 5.14. The second kappa shape index (κ2) is 9.28. The SMILES string of the molecule is Cc1cc(C)c(CN(C(=O)c2cc(C3=CC(C)(C)NC(C)(C)C3)cc3[nH]ncc23)C2CCCC2)c(=O)[nH]1. The molecule has 1 fully saturated rings. The van der Waals surface area contributed by atoms with Gasteiger partial charge in [0.1, 0.15) is 0 Å². The molecule has 0 bridgehead atoms. The van der Waals surface area contributed by atoms with Crippen molar-refractivity contribution in [1.82, 2.24) is 25.4 Å². The molecule has 0 saturated heterocycles. The molecule has 3 aromatic rings. The minimum atomic E-state index is -0.163. The molecule has 3 N–H and O–H groups in total. The fourth-order valence-corrected chi connectivity index (χ4v) is 6.50. The number of rotatable bonds is 5. The summed E-state index contributed by atoms with van der Waals surface area (Å²) >= 11 is 0. The molecule has 1 aliphatic carbocycles. The summed E-state index contributed by atoms with van der Waals surface area (Å²) < 4.78 is 0. The van der Waals surface area contributed by atoms with E-state index in [1.54, 1.807) is 6.20 Å². The average molecular weight is 502 g/mol. The number of benzene rings is 1. The third-order valence-electron chi connectivity index (χ3n) is 7.84. The molecule has 1 aromatic carbocycles. The minimum Gasteiger partial charge on any atom is -0.331 e. The Morgan fingerprint density at radius 1 is 1.11 bits per heavy atom. The van der Waals surface area contributed by atoms with Gasteiger partial charge in [0.2, 0.25) is 0 Å². The predicted molar refractivity (Wildman–Crippen MR) is 149 cm³/mol. The zero-order chi connectivity index (χ0) is 26.5. The van der Waals surface area contributed by atoms with Gasteiger partial charge < -0.3 is 15.2 Å². The number of aryl methyl sites for hydroxylation is 2. The van der Waals surface area contributed by atoms with Crippen LogP contribution in [0.25, 0.3) is 16.5 Å². The van der Waals surface area contributed by atoms with E-state index in [4.69, 9.17) is 0 Å². The Labute approximate surface area is 218 Å². The topological polar surface area (TPSA) is 93.9 Å². The summed E-state index contributed by atoms with van der Waals surface area (Å²) in [6, 6.07) is 6.25. The lowest BCUT2D eigenvalue weighted by Gasteiger charge is -2.41. The number of nitrogens with zero attached hydrogens (tertiary/aromatic N) is 2. The maximum atomic E-state index is 14.4. The van der Waals surface area contributed by atoms with E-state index >= 15 is 0 Å². The molecule has 0 atom stereocenters. The fraction of sp³-hybridized carbons (Fsp3) is 0.500. The van der Waals surface area contributed by atoms with Crippen molar-refractivity contribution in [3.8, 4) is 0 Å². The van der Waals surface area contributed by atoms with Crippen molar-refractivity contribution < 1.29 is 4.79 Å². The number of aromatic nitrogens is 3. The highest BCUT2D eigenvalue weighted by molar-refractivity contribution is 6.07. The van der Waals surface area contributed by atoms with Crippen LogP contribution >= 0.6 is 0 Å². The first-order valence-corrected chi connectivity index (χ1v) is 13.4. The van der Waals surface area contributed by atoms with Crippen molar-refractivity contribution >= 4 is 22.4 Å². The highest BCUT2D eigenvalue weighted by atomic mass is 16.2. The van der Waals surface area contributed by atoms with Crippen LogP contribution in [0.5, 0.6) is 0 Å². The molecule has 0 spiro atoms. The fourth-order valence-electron chi connectivity index (χ4n) is 6.50. The highest BCUT2D eigenvalue weighted by Gasteiger charge is 2.34. The van der Waals surface area contributed by atoms with Gasteiger partial charge in [0.15, 0.2) is 0 Å². The van der Waals surface area contributed by atoms with E-state index < -0.39 is 0 Å². The van der Waals surface area contributed by atoms with E-state index in [0.717, 1.165) is 59.8 Å². The van der Waals surface area contributed by atoms with Crippen LogP contribution in [0.1, 0.15) is 92.5 Å². The summed E-state index contributed by atoms with van der Waals surface area (Å²) in [5.41, 5.74) is 5.83. The van der Waals surface area contributed by atoms with Gasteiger partial charge in [0.25, 0.3) is 11.5 Å². The molecule has 2 aromatic heterocycles. The molecular weight excluding hydrogens is 462 g/mol. The summed E-state index contributed by atoms with van der Waals surface area (Å²) in [6.45, 7) is 12.9. The van der Waals surface area contributed by atoms with Crippen LogP contribution in [-0.2, 0) is 6.54 Å². The maximum absolute atomic E-state index is 14.4. The summed E-state index contributed by atoms with van der Waals surface area (Å²) in [5.74, 6) is -0.0346. The number of hydrogen-bond acceptors (Lipinski definition) is 4. The summed E-state index contributed by atoms with van der Waals surface area (Å²) in [7, 11) is 0. The van der Waals surface area contributed by atoms with E-state index in [-0.39, 0.29) is 28.6 Å². The van der Waals surface area contributed by atoms with Crippen molar-refractivity contribution in [2.75, 3.05) is 0 Å². The molecule has 2 aliphatic rings. The lowest BCUT2D eigenvalue weighted by Crippen LogP contribution is -2.53. The van der Waals surface area contributed by atoms with Gasteiger partial charge in [-0.05, 0) is 95.7 Å². The smallest absolute Gasteiger partial charge is 0.255 e. The molecular formula is C30H39N5O2. The van der Waals surface area contributed by atoms with Gasteiger partial charge in [-0.2, -0.15) is 5.10 Å². The van der Waals surface area contributed by atoms with Crippen LogP contribution in [-0.4, -0.2) is 43.1 Å². The number of fused-ring (bicyclic) bond motifs is 1. The predicted octanol–water partition coefficient (Wildman–Crippen LogP) is 5.39. The lowest BCUT2D eigenvalue weighted by atomic mass is 9.80. The van der Waals surface area contributed by atoms with Crippen LogP contribution in [0.3, 0.4) is 0 Å². The van der Waals surface area contributed by atoms with Gasteiger partial charge in [-0.15, -0.1) is 0 Å². The molecule has 1 saturated carbocycles. The summed E-state index contributed by atoms with van der Waals surface area (Å²) in [4.78, 5) is 32.1. The van der Waals surface area contributed by atoms with Crippen LogP contribution in [0.15, 0.2) is 35.3 Å². The van der Waals surface area contributed by atoms with Gasteiger partial charge in [-0.25, -0.2) is 0 Å². The molecule has 0 unspecified atom stereocenters. The zero-order valence-corrected chi connectivity index (χ0v) is 22.9. The molecule has 5 rings (SSSR count). The van der Waals surface area contributed by atoms with Gasteiger partial charge in [0, 0.05) is 33.8 Å². The van der Waals surface area contributed by atoms with E-state index in [1.807, 2.05) is 30.9 Å². The Morgan fingerprint density at radius 2 is 1.84 bits per heavy atom. The minimum absolute atomic E-state index is 0.0346. The molecule has 0 radical (unpaired) electrons. The molecule has 7 heteroatoms. The Morgan fingerprint density at radius 3 is 2.51 bits per heavy atom. The second-order valence-electron chi connectivity index (χ2n) is 12.2. The van der Waals surface area contributed by atoms with Crippen molar-refractivity contribution in [3.63, 3.8) is 0 Å². The number of carbonyl (C=O) groups is 1. The first-order valence-electron chi connectivity index (χ1n) is 13.4. The first kappa shape index (κ1) is 25.5. The monoisotopic (exact) mass is 501 g/mol. The third-order valence-corrected chi connectivity index (χ3v) is 7.84. The molecule has 1 amide bonds. The van der Waals surface area contributed by atoms with Crippen molar-refractivity contribution in [2.45, 2.75) is 97.3 Å². The quantitative estimate of drug-likeness (QED) is 0.437. The van der Waals surface area contributed by atoms with E-state index in [9.17, 15) is 9.59 Å². The lowest BCUT2D eigenvalue weighted by molar-refractivity contribution is 0.0665.